The molecule has 2 aromatic rings. The lowest BCUT2D eigenvalue weighted by Crippen LogP contribution is -2.01. The zero-order chi connectivity index (χ0) is 13.7. The Balaban J connectivity index is 2.04. The fourth-order valence-corrected chi connectivity index (χ4v) is 2.12. The van der Waals surface area contributed by atoms with Gasteiger partial charge in [0.15, 0.2) is 0 Å². The van der Waals surface area contributed by atoms with Crippen LogP contribution in [0.15, 0.2) is 48.5 Å². The lowest BCUT2D eigenvalue weighted by molar-refractivity contribution is 0.302. The molecule has 1 nitrogen and oxygen atoms in total. The minimum Gasteiger partial charge on any atom is -0.489 e. The summed E-state index contributed by atoms with van der Waals surface area (Å²) in [7, 11) is 0. The molecule has 0 aromatic heterocycles. The largest absolute Gasteiger partial charge is 0.489 e. The van der Waals surface area contributed by atoms with Crippen molar-refractivity contribution in [2.24, 2.45) is 5.92 Å². The third-order valence-corrected chi connectivity index (χ3v) is 3.16. The average molecular weight is 275 g/mol. The van der Waals surface area contributed by atoms with E-state index in [1.165, 1.54) is 5.56 Å². The smallest absolute Gasteiger partial charge is 0.123 e. The maximum absolute atomic E-state index is 5.92. The molecule has 0 heterocycles. The lowest BCUT2D eigenvalue weighted by Gasteiger charge is -2.13. The first-order chi connectivity index (χ1) is 9.15. The van der Waals surface area contributed by atoms with Crippen LogP contribution in [0.25, 0.3) is 0 Å². The standard InChI is InChI=1S/C17H19ClO/c1-13(2)11-15-5-3-4-6-17(15)19-12-14-7-9-16(18)10-8-14/h3-10,13H,11-12H2,1-2H3. The zero-order valence-electron chi connectivity index (χ0n) is 11.4. The Morgan fingerprint density at radius 3 is 2.37 bits per heavy atom. The molecule has 0 saturated heterocycles. The first-order valence-corrected chi connectivity index (χ1v) is 6.98. The molecule has 0 aliphatic rings. The summed E-state index contributed by atoms with van der Waals surface area (Å²) < 4.78 is 5.92. The lowest BCUT2D eigenvalue weighted by atomic mass is 10.0. The van der Waals surface area contributed by atoms with Crippen LogP contribution in [-0.2, 0) is 13.0 Å². The van der Waals surface area contributed by atoms with Gasteiger partial charge in [-0.1, -0.05) is 55.8 Å². The Hall–Kier alpha value is -1.47. The van der Waals surface area contributed by atoms with Crippen molar-refractivity contribution >= 4 is 11.6 Å². The fourth-order valence-electron chi connectivity index (χ4n) is 1.99. The molecule has 2 aromatic carbocycles. The maximum atomic E-state index is 5.92. The zero-order valence-corrected chi connectivity index (χ0v) is 12.2. The van der Waals surface area contributed by atoms with Crippen LogP contribution in [0.5, 0.6) is 5.75 Å². The molecule has 100 valence electrons. The van der Waals surface area contributed by atoms with Gasteiger partial charge >= 0.3 is 0 Å². The topological polar surface area (TPSA) is 9.23 Å². The Bertz CT molecular complexity index is 517. The van der Waals surface area contributed by atoms with E-state index >= 15 is 0 Å². The first-order valence-electron chi connectivity index (χ1n) is 6.60. The minimum absolute atomic E-state index is 0.576. The van der Waals surface area contributed by atoms with E-state index < -0.39 is 0 Å². The molecule has 0 atom stereocenters. The van der Waals surface area contributed by atoms with E-state index in [1.807, 2.05) is 36.4 Å². The van der Waals surface area contributed by atoms with Crippen molar-refractivity contribution in [2.45, 2.75) is 26.9 Å². The van der Waals surface area contributed by atoms with E-state index in [9.17, 15) is 0 Å². The summed E-state index contributed by atoms with van der Waals surface area (Å²) in [5.74, 6) is 1.60. The summed E-state index contributed by atoms with van der Waals surface area (Å²) in [6.07, 6.45) is 1.04. The van der Waals surface area contributed by atoms with Crippen molar-refractivity contribution < 1.29 is 4.74 Å². The van der Waals surface area contributed by atoms with Gasteiger partial charge in [0, 0.05) is 5.02 Å². The van der Waals surface area contributed by atoms with Gasteiger partial charge in [0.25, 0.3) is 0 Å². The van der Waals surface area contributed by atoms with E-state index in [2.05, 4.69) is 26.0 Å². The molecule has 2 heteroatoms. The highest BCUT2D eigenvalue weighted by atomic mass is 35.5. The number of para-hydroxylation sites is 1. The quantitative estimate of drug-likeness (QED) is 0.735. The predicted octanol–water partition coefficient (Wildman–Crippen LogP) is 5.12. The second kappa shape index (κ2) is 6.63. The van der Waals surface area contributed by atoms with E-state index in [0.29, 0.717) is 12.5 Å². The summed E-state index contributed by atoms with van der Waals surface area (Å²) in [5.41, 5.74) is 2.40. The maximum Gasteiger partial charge on any atom is 0.123 e. The molecule has 0 fully saturated rings. The van der Waals surface area contributed by atoms with Crippen LogP contribution in [0.4, 0.5) is 0 Å². The SMILES string of the molecule is CC(C)Cc1ccccc1OCc1ccc(Cl)cc1. The molecule has 0 unspecified atom stereocenters. The number of halogens is 1. The molecular weight excluding hydrogens is 256 g/mol. The Labute approximate surface area is 120 Å². The van der Waals surface area contributed by atoms with Crippen LogP contribution >= 0.6 is 11.6 Å². The number of ether oxygens (including phenoxy) is 1. The summed E-state index contributed by atoms with van der Waals surface area (Å²) in [5, 5.41) is 0.754. The molecule has 0 aliphatic heterocycles. The second-order valence-electron chi connectivity index (χ2n) is 5.12. The Morgan fingerprint density at radius 2 is 1.68 bits per heavy atom. The highest BCUT2D eigenvalue weighted by Gasteiger charge is 2.05. The van der Waals surface area contributed by atoms with E-state index in [0.717, 1.165) is 22.8 Å². The van der Waals surface area contributed by atoms with Gasteiger partial charge < -0.3 is 4.74 Å². The van der Waals surface area contributed by atoms with Crippen LogP contribution in [-0.4, -0.2) is 0 Å². The normalized spacial score (nSPS) is 10.7. The van der Waals surface area contributed by atoms with Crippen molar-refractivity contribution in [3.05, 3.63) is 64.7 Å². The number of hydrogen-bond donors (Lipinski definition) is 0. The summed E-state index contributed by atoms with van der Waals surface area (Å²) in [4.78, 5) is 0. The van der Waals surface area contributed by atoms with Crippen LogP contribution in [0, 0.1) is 5.92 Å². The van der Waals surface area contributed by atoms with Crippen LogP contribution in [0.3, 0.4) is 0 Å². The van der Waals surface area contributed by atoms with Crippen LogP contribution < -0.4 is 4.74 Å². The predicted molar refractivity (Wildman–Crippen MR) is 80.8 cm³/mol. The molecule has 19 heavy (non-hydrogen) atoms. The third-order valence-electron chi connectivity index (χ3n) is 2.91. The molecule has 0 N–H and O–H groups in total. The summed E-state index contributed by atoms with van der Waals surface area (Å²) in [6.45, 7) is 5.01. The van der Waals surface area contributed by atoms with Gasteiger partial charge in [-0.2, -0.15) is 0 Å². The van der Waals surface area contributed by atoms with Gasteiger partial charge in [0.05, 0.1) is 0 Å². The number of hydrogen-bond acceptors (Lipinski definition) is 1. The molecule has 0 aliphatic carbocycles. The van der Waals surface area contributed by atoms with Crippen molar-refractivity contribution in [3.63, 3.8) is 0 Å². The number of benzene rings is 2. The van der Waals surface area contributed by atoms with Crippen molar-refractivity contribution in [3.8, 4) is 5.75 Å². The fraction of sp³-hybridized carbons (Fsp3) is 0.294. The Morgan fingerprint density at radius 1 is 1.00 bits per heavy atom. The molecule has 0 radical (unpaired) electrons. The molecular formula is C17H19ClO. The number of rotatable bonds is 5. The van der Waals surface area contributed by atoms with E-state index in [4.69, 9.17) is 16.3 Å². The summed E-state index contributed by atoms with van der Waals surface area (Å²) in [6, 6.07) is 16.0. The van der Waals surface area contributed by atoms with Gasteiger partial charge in [-0.05, 0) is 41.7 Å². The average Bonchev–Trinajstić information content (AvgIpc) is 2.39. The Kier molecular flexibility index (Phi) is 4.86. The van der Waals surface area contributed by atoms with Gasteiger partial charge in [0.2, 0.25) is 0 Å². The van der Waals surface area contributed by atoms with Gasteiger partial charge in [-0.15, -0.1) is 0 Å². The van der Waals surface area contributed by atoms with Crippen LogP contribution in [0.1, 0.15) is 25.0 Å². The first kappa shape index (κ1) is 14.0. The molecule has 0 saturated carbocycles. The minimum atomic E-state index is 0.576. The van der Waals surface area contributed by atoms with Crippen molar-refractivity contribution in [1.29, 1.82) is 0 Å². The van der Waals surface area contributed by atoms with E-state index in [1.54, 1.807) is 0 Å². The van der Waals surface area contributed by atoms with Gasteiger partial charge in [0.1, 0.15) is 12.4 Å². The van der Waals surface area contributed by atoms with Crippen molar-refractivity contribution in [1.82, 2.24) is 0 Å². The highest BCUT2D eigenvalue weighted by Crippen LogP contribution is 2.22. The van der Waals surface area contributed by atoms with E-state index in [-0.39, 0.29) is 0 Å². The molecule has 0 bridgehead atoms. The van der Waals surface area contributed by atoms with Gasteiger partial charge in [-0.3, -0.25) is 0 Å². The molecule has 2 rings (SSSR count). The second-order valence-corrected chi connectivity index (χ2v) is 5.56. The molecule has 0 amide bonds. The van der Waals surface area contributed by atoms with Crippen LogP contribution in [0.2, 0.25) is 5.02 Å². The monoisotopic (exact) mass is 274 g/mol. The van der Waals surface area contributed by atoms with Gasteiger partial charge in [-0.25, -0.2) is 0 Å². The summed E-state index contributed by atoms with van der Waals surface area (Å²) >= 11 is 5.87. The molecule has 0 spiro atoms. The highest BCUT2D eigenvalue weighted by molar-refractivity contribution is 6.30. The third kappa shape index (κ3) is 4.29. The van der Waals surface area contributed by atoms with Crippen molar-refractivity contribution in [2.75, 3.05) is 0 Å².